The number of hydrogen-bond acceptors (Lipinski definition) is 13. The van der Waals surface area contributed by atoms with Crippen LogP contribution in [0.5, 0.6) is 0 Å². The summed E-state index contributed by atoms with van der Waals surface area (Å²) < 4.78 is 0. The molecule has 7 N–H and O–H groups in total. The zero-order valence-corrected chi connectivity index (χ0v) is 44.5. The van der Waals surface area contributed by atoms with Gasteiger partial charge < -0.3 is 46.5 Å². The van der Waals surface area contributed by atoms with E-state index < -0.39 is 35.0 Å². The van der Waals surface area contributed by atoms with Crippen LogP contribution in [-0.2, 0) is 30.5 Å². The van der Waals surface area contributed by atoms with E-state index in [1.165, 1.54) is 4.90 Å². The van der Waals surface area contributed by atoms with Crippen LogP contribution in [0.25, 0.3) is 21.5 Å². The third kappa shape index (κ3) is 13.5. The average Bonchev–Trinajstić information content (AvgIpc) is 4.16. The summed E-state index contributed by atoms with van der Waals surface area (Å²) in [6.07, 6.45) is 6.63. The molecule has 20 heteroatoms. The van der Waals surface area contributed by atoms with E-state index >= 15 is 0 Å². The molecule has 18 nitrogen and oxygen atoms in total. The van der Waals surface area contributed by atoms with E-state index in [0.717, 1.165) is 44.1 Å². The molecule has 3 fully saturated rings. The van der Waals surface area contributed by atoms with Crippen molar-refractivity contribution >= 4 is 69.3 Å². The number of β-amino-alcohol motifs (C(OH)–C–C–N with tert-alkyl or cyclic N) is 1. The molecule has 3 aromatic heterocycles. The highest BCUT2D eigenvalue weighted by atomic mass is 35.5. The lowest BCUT2D eigenvalue weighted by Crippen LogP contribution is -2.60. The number of likely N-dealkylation sites (tertiary alicyclic amines) is 1. The van der Waals surface area contributed by atoms with E-state index in [1.807, 2.05) is 98.9 Å². The number of aliphatic hydroxyl groups is 1. The van der Waals surface area contributed by atoms with Gasteiger partial charge in [0.15, 0.2) is 0 Å². The maximum atomic E-state index is 14.1. The van der Waals surface area contributed by atoms with Crippen LogP contribution >= 0.6 is 22.9 Å². The van der Waals surface area contributed by atoms with Gasteiger partial charge in [0.25, 0.3) is 0 Å². The summed E-state index contributed by atoms with van der Waals surface area (Å²) in [5, 5.41) is 21.4. The first-order chi connectivity index (χ1) is 35.5. The fraction of sp³-hybridized carbons (Fsp3) is 0.519. The molecule has 0 bridgehead atoms. The van der Waals surface area contributed by atoms with Gasteiger partial charge in [0.2, 0.25) is 29.5 Å². The molecule has 3 aliphatic rings. The van der Waals surface area contributed by atoms with Crippen molar-refractivity contribution in [3.05, 3.63) is 94.5 Å². The molecule has 5 amide bonds. The number of piperazine rings is 1. The van der Waals surface area contributed by atoms with Gasteiger partial charge in [-0.05, 0) is 79.3 Å². The number of H-pyrrole nitrogens is 1. The summed E-state index contributed by atoms with van der Waals surface area (Å²) in [6.45, 7) is 12.3. The Morgan fingerprint density at radius 3 is 2.31 bits per heavy atom. The molecule has 0 spiro atoms. The second-order valence-electron chi connectivity index (χ2n) is 21.2. The van der Waals surface area contributed by atoms with E-state index in [4.69, 9.17) is 17.3 Å². The van der Waals surface area contributed by atoms with Crippen molar-refractivity contribution in [1.82, 2.24) is 50.6 Å². The van der Waals surface area contributed by atoms with E-state index in [0.29, 0.717) is 95.8 Å². The number of nitrogens with two attached hydrogens (primary N) is 1. The predicted octanol–water partition coefficient (Wildman–Crippen LogP) is 5.49. The number of carbonyl (C=O) groups is 5. The van der Waals surface area contributed by atoms with Gasteiger partial charge in [-0.25, -0.2) is 15.0 Å². The Balaban J connectivity index is 0.742. The largest absolute Gasteiger partial charge is 0.391 e. The Bertz CT molecular complexity index is 2730. The van der Waals surface area contributed by atoms with E-state index in [-0.39, 0.29) is 55.6 Å². The number of rotatable bonds is 19. The van der Waals surface area contributed by atoms with Crippen LogP contribution < -0.4 is 26.6 Å². The molecule has 0 aliphatic carbocycles. The van der Waals surface area contributed by atoms with E-state index in [2.05, 4.69) is 45.7 Å². The summed E-state index contributed by atoms with van der Waals surface area (Å²) in [5.41, 5.74) is 11.6. The molecule has 4 atom stereocenters. The summed E-state index contributed by atoms with van der Waals surface area (Å²) in [5.74, 6) is -0.311. The van der Waals surface area contributed by atoms with Gasteiger partial charge in [-0.15, -0.1) is 11.3 Å². The number of benzene rings is 2. The number of carbonyl (C=O) groups excluding carboxylic acids is 5. The number of unbranched alkanes of at least 4 members (excludes halogenated alkanes) is 2. The standard InChI is InChI=1S/C54H71ClN12O6S/c1-35-46(74-34-61-35)38-12-10-36(11-13-38)31-58-50(71)43-30-40(68)32-67(43)51(72)47(53(2,3)4)63-44(69)8-6-5-7-9-45(70)65-28-26-64(27-29-65)23-19-42(37-14-16-39(55)17-15-37)62-52(73)54(56)20-24-66(25-21-54)49-41-18-22-57-48(41)59-33-60-49/h10-18,22,33-34,40,42-43,47,68H,5-9,19-21,23-32,56H2,1-4H3,(H,58,71)(H,62,73)(H,63,69)(H,57,59,60)/t40-,42?,43+,47?/m1/s1. The zero-order chi connectivity index (χ0) is 52.6. The lowest BCUT2D eigenvalue weighted by atomic mass is 9.85. The van der Waals surface area contributed by atoms with Crippen molar-refractivity contribution in [1.29, 1.82) is 0 Å². The Hall–Kier alpha value is -5.99. The summed E-state index contributed by atoms with van der Waals surface area (Å²) in [7, 11) is 0. The van der Waals surface area contributed by atoms with Gasteiger partial charge in [-0.1, -0.05) is 75.2 Å². The number of hydrogen-bond donors (Lipinski definition) is 6. The molecular weight excluding hydrogens is 980 g/mol. The number of aromatic nitrogens is 4. The maximum absolute atomic E-state index is 14.1. The predicted molar refractivity (Wildman–Crippen MR) is 287 cm³/mol. The molecular formula is C54H71ClN12O6S. The molecule has 396 valence electrons. The number of piperidine rings is 1. The summed E-state index contributed by atoms with van der Waals surface area (Å²) in [4.78, 5) is 93.4. The van der Waals surface area contributed by atoms with Gasteiger partial charge in [-0.3, -0.25) is 28.9 Å². The van der Waals surface area contributed by atoms with Crippen molar-refractivity contribution < 1.29 is 29.1 Å². The smallest absolute Gasteiger partial charge is 0.246 e. The number of thiazole rings is 1. The molecule has 5 aromatic rings. The van der Waals surface area contributed by atoms with Crippen molar-refractivity contribution in [2.24, 2.45) is 11.1 Å². The molecule has 74 heavy (non-hydrogen) atoms. The Morgan fingerprint density at radius 1 is 0.905 bits per heavy atom. The minimum atomic E-state index is -1.04. The van der Waals surface area contributed by atoms with E-state index in [1.54, 1.807) is 17.7 Å². The number of fused-ring (bicyclic) bond motifs is 1. The molecule has 3 aliphatic heterocycles. The summed E-state index contributed by atoms with van der Waals surface area (Å²) in [6, 6.07) is 15.3. The van der Waals surface area contributed by atoms with Crippen LogP contribution in [0.15, 0.2) is 72.6 Å². The topological polar surface area (TPSA) is 235 Å². The van der Waals surface area contributed by atoms with Crippen LogP contribution in [0, 0.1) is 12.3 Å². The number of nitrogens with one attached hydrogen (secondary N) is 4. The molecule has 2 aromatic carbocycles. The van der Waals surface area contributed by atoms with Gasteiger partial charge in [0.1, 0.15) is 29.9 Å². The highest BCUT2D eigenvalue weighted by Gasteiger charge is 2.45. The first-order valence-corrected chi connectivity index (χ1v) is 27.1. The van der Waals surface area contributed by atoms with Crippen LogP contribution in [-0.4, -0.2) is 145 Å². The van der Waals surface area contributed by atoms with Crippen LogP contribution in [0.1, 0.15) is 101 Å². The van der Waals surface area contributed by atoms with Crippen LogP contribution in [0.4, 0.5) is 5.82 Å². The normalized spacial score (nSPS) is 19.0. The number of aliphatic hydroxyl groups excluding tert-OH is 1. The molecule has 0 radical (unpaired) electrons. The van der Waals surface area contributed by atoms with Crippen molar-refractivity contribution in [3.63, 3.8) is 0 Å². The highest BCUT2D eigenvalue weighted by molar-refractivity contribution is 7.13. The van der Waals surface area contributed by atoms with Gasteiger partial charge in [-0.2, -0.15) is 0 Å². The first-order valence-electron chi connectivity index (χ1n) is 25.9. The van der Waals surface area contributed by atoms with E-state index in [9.17, 15) is 29.1 Å². The van der Waals surface area contributed by atoms with Gasteiger partial charge >= 0.3 is 0 Å². The van der Waals surface area contributed by atoms with Gasteiger partial charge in [0, 0.05) is 89.4 Å². The highest BCUT2D eigenvalue weighted by Crippen LogP contribution is 2.31. The number of aryl methyl sites for hydroxylation is 1. The molecule has 8 rings (SSSR count). The lowest BCUT2D eigenvalue weighted by Gasteiger charge is -2.39. The monoisotopic (exact) mass is 1050 g/mol. The third-order valence-electron chi connectivity index (χ3n) is 14.8. The maximum Gasteiger partial charge on any atom is 0.246 e. The van der Waals surface area contributed by atoms with Crippen LogP contribution in [0.3, 0.4) is 0 Å². The number of anilines is 1. The number of nitrogens with zero attached hydrogens (tertiary/aromatic N) is 7. The fourth-order valence-corrected chi connectivity index (χ4v) is 11.2. The quantitative estimate of drug-likeness (QED) is 0.0564. The second kappa shape index (κ2) is 24.1. The molecule has 2 unspecified atom stereocenters. The fourth-order valence-electron chi connectivity index (χ4n) is 10.2. The molecule has 3 saturated heterocycles. The number of aromatic amines is 1. The number of halogens is 1. The minimum absolute atomic E-state index is 0.00290. The first kappa shape index (κ1) is 54.3. The van der Waals surface area contributed by atoms with Crippen LogP contribution in [0.2, 0.25) is 5.02 Å². The minimum Gasteiger partial charge on any atom is -0.391 e. The third-order valence-corrected chi connectivity index (χ3v) is 16.0. The van der Waals surface area contributed by atoms with Gasteiger partial charge in [0.05, 0.1) is 39.2 Å². The Morgan fingerprint density at radius 2 is 1.62 bits per heavy atom. The van der Waals surface area contributed by atoms with Crippen molar-refractivity contribution in [2.75, 3.05) is 57.3 Å². The molecule has 6 heterocycles. The Kier molecular flexibility index (Phi) is 17.7. The number of amides is 5. The summed E-state index contributed by atoms with van der Waals surface area (Å²) >= 11 is 7.83. The van der Waals surface area contributed by atoms with Crippen molar-refractivity contribution in [3.8, 4) is 10.4 Å². The second-order valence-corrected chi connectivity index (χ2v) is 22.5. The SMILES string of the molecule is Cc1ncsc1-c1ccc(CNC(=O)[C@@H]2C[C@@H](O)CN2C(=O)C(NC(=O)CCCCCC(=O)N2CCN(CCC(NC(=O)C3(N)CCN(c4ncnc5[nH]ccc45)CC3)c3ccc(Cl)cc3)CC2)C(C)(C)C)cc1. The Labute approximate surface area is 442 Å². The zero-order valence-electron chi connectivity index (χ0n) is 42.9. The average molecular weight is 1050 g/mol. The van der Waals surface area contributed by atoms with Crippen molar-refractivity contribution in [2.45, 2.75) is 122 Å². The molecule has 0 saturated carbocycles. The lowest BCUT2D eigenvalue weighted by molar-refractivity contribution is -0.144.